The molecule has 3 aromatic rings. The van der Waals surface area contributed by atoms with E-state index in [9.17, 15) is 18.0 Å². The summed E-state index contributed by atoms with van der Waals surface area (Å²) in [6, 6.07) is 16.3. The monoisotopic (exact) mass is 460 g/mol. The van der Waals surface area contributed by atoms with Crippen LogP contribution in [0.5, 0.6) is 5.75 Å². The number of fused-ring (bicyclic) bond motifs is 1. The highest BCUT2D eigenvalue weighted by Gasteiger charge is 2.61. The molecular weight excluding hydrogens is 441 g/mol. The maximum Gasteiger partial charge on any atom is 0.420 e. The predicted octanol–water partition coefficient (Wildman–Crippen LogP) is 6.19. The molecule has 0 aliphatic carbocycles. The molecule has 4 nitrogen and oxygen atoms in total. The molecule has 1 aliphatic rings. The van der Waals surface area contributed by atoms with Crippen LogP contribution in [-0.2, 0) is 12.1 Å². The number of alkyl halides is 3. The average Bonchev–Trinajstić information content (AvgIpc) is 2.76. The fraction of sp³-hybridized carbons (Fsp3) is 0.208. The van der Waals surface area contributed by atoms with E-state index in [0.29, 0.717) is 5.75 Å². The number of aryl methyl sites for hydroxylation is 1. The highest BCUT2D eigenvalue weighted by Crippen LogP contribution is 2.50. The summed E-state index contributed by atoms with van der Waals surface area (Å²) in [7, 11) is 1.54. The van der Waals surface area contributed by atoms with E-state index in [0.717, 1.165) is 11.1 Å². The number of urea groups is 1. The van der Waals surface area contributed by atoms with Crippen molar-refractivity contribution in [3.63, 3.8) is 0 Å². The zero-order chi connectivity index (χ0) is 23.1. The van der Waals surface area contributed by atoms with Gasteiger partial charge in [0, 0.05) is 10.6 Å². The van der Waals surface area contributed by atoms with E-state index in [-0.39, 0.29) is 28.4 Å². The largest absolute Gasteiger partial charge is 0.497 e. The average molecular weight is 461 g/mol. The van der Waals surface area contributed by atoms with Crippen LogP contribution in [0, 0.1) is 6.92 Å². The van der Waals surface area contributed by atoms with Crippen molar-refractivity contribution in [2.24, 2.45) is 0 Å². The number of nitrogens with one attached hydrogen (secondary N) is 1. The number of carbonyl (C=O) groups excluding carboxylic acids is 1. The highest BCUT2D eigenvalue weighted by molar-refractivity contribution is 6.30. The second-order valence-electron chi connectivity index (χ2n) is 7.64. The van der Waals surface area contributed by atoms with Gasteiger partial charge < -0.3 is 10.1 Å². The first-order chi connectivity index (χ1) is 15.2. The van der Waals surface area contributed by atoms with Crippen LogP contribution in [0.15, 0.2) is 66.7 Å². The van der Waals surface area contributed by atoms with Crippen molar-refractivity contribution >= 4 is 23.3 Å². The molecule has 0 radical (unpaired) electrons. The number of benzene rings is 3. The minimum Gasteiger partial charge on any atom is -0.497 e. The van der Waals surface area contributed by atoms with Crippen LogP contribution >= 0.6 is 11.6 Å². The van der Waals surface area contributed by atoms with E-state index in [1.54, 1.807) is 43.3 Å². The van der Waals surface area contributed by atoms with Crippen molar-refractivity contribution in [1.82, 2.24) is 5.32 Å². The van der Waals surface area contributed by atoms with E-state index in [2.05, 4.69) is 5.32 Å². The number of carbonyl (C=O) groups is 1. The Bertz CT molecular complexity index is 1150. The third kappa shape index (κ3) is 3.66. The highest BCUT2D eigenvalue weighted by atomic mass is 35.5. The molecule has 0 saturated heterocycles. The summed E-state index contributed by atoms with van der Waals surface area (Å²) >= 11 is 6.13. The fourth-order valence-corrected chi connectivity index (χ4v) is 4.11. The van der Waals surface area contributed by atoms with Gasteiger partial charge in [0.05, 0.1) is 19.3 Å². The van der Waals surface area contributed by atoms with E-state index in [1.165, 1.54) is 42.3 Å². The Hall–Kier alpha value is -3.19. The van der Waals surface area contributed by atoms with Crippen LogP contribution in [0.3, 0.4) is 0 Å². The maximum absolute atomic E-state index is 14.7. The number of halogens is 4. The fourth-order valence-electron chi connectivity index (χ4n) is 3.94. The lowest BCUT2D eigenvalue weighted by Gasteiger charge is -2.45. The predicted molar refractivity (Wildman–Crippen MR) is 117 cm³/mol. The summed E-state index contributed by atoms with van der Waals surface area (Å²) in [4.78, 5) is 14.4. The number of nitrogens with zero attached hydrogens (tertiary/aromatic N) is 1. The quantitative estimate of drug-likeness (QED) is 0.504. The number of rotatable bonds is 4. The molecule has 166 valence electrons. The van der Waals surface area contributed by atoms with Gasteiger partial charge in [-0.05, 0) is 48.4 Å². The molecule has 1 atom stereocenters. The van der Waals surface area contributed by atoms with Crippen LogP contribution in [0.2, 0.25) is 5.02 Å². The topological polar surface area (TPSA) is 41.6 Å². The molecule has 1 N–H and O–H groups in total. The minimum atomic E-state index is -4.82. The normalized spacial score (nSPS) is 18.2. The molecule has 1 aliphatic heterocycles. The Balaban J connectivity index is 1.88. The molecule has 3 aromatic carbocycles. The van der Waals surface area contributed by atoms with Gasteiger partial charge in [-0.15, -0.1) is 0 Å². The Labute approximate surface area is 188 Å². The molecule has 0 bridgehead atoms. The van der Waals surface area contributed by atoms with E-state index in [1.807, 2.05) is 0 Å². The van der Waals surface area contributed by atoms with Crippen LogP contribution in [-0.4, -0.2) is 19.3 Å². The third-order valence-corrected chi connectivity index (χ3v) is 5.84. The minimum absolute atomic E-state index is 0.0757. The Kier molecular flexibility index (Phi) is 5.54. The SMILES string of the molecule is COc1ccc(CN2C(=O)N[C@@](c3ccc(C)cc3)(C(F)(F)F)c3cc(Cl)ccc32)cc1. The van der Waals surface area contributed by atoms with Crippen LogP contribution in [0.1, 0.15) is 22.3 Å². The molecule has 32 heavy (non-hydrogen) atoms. The smallest absolute Gasteiger partial charge is 0.420 e. The lowest BCUT2D eigenvalue weighted by atomic mass is 9.79. The Morgan fingerprint density at radius 1 is 1.03 bits per heavy atom. The Morgan fingerprint density at radius 2 is 1.69 bits per heavy atom. The number of hydrogen-bond donors (Lipinski definition) is 1. The second kappa shape index (κ2) is 8.06. The van der Waals surface area contributed by atoms with Crippen LogP contribution in [0.25, 0.3) is 0 Å². The molecular formula is C24H20ClF3N2O2. The summed E-state index contributed by atoms with van der Waals surface area (Å²) in [6.07, 6.45) is -4.82. The van der Waals surface area contributed by atoms with Gasteiger partial charge in [-0.25, -0.2) is 4.79 Å². The summed E-state index contributed by atoms with van der Waals surface area (Å²) in [5.74, 6) is 0.638. The molecule has 4 rings (SSSR count). The first-order valence-corrected chi connectivity index (χ1v) is 10.2. The number of amides is 2. The van der Waals surface area contributed by atoms with Crippen molar-refractivity contribution in [2.45, 2.75) is 25.2 Å². The van der Waals surface area contributed by atoms with Gasteiger partial charge in [0.2, 0.25) is 0 Å². The van der Waals surface area contributed by atoms with E-state index >= 15 is 0 Å². The molecule has 0 aromatic heterocycles. The van der Waals surface area contributed by atoms with Crippen molar-refractivity contribution < 1.29 is 22.7 Å². The zero-order valence-corrected chi connectivity index (χ0v) is 18.1. The van der Waals surface area contributed by atoms with Gasteiger partial charge in [-0.1, -0.05) is 53.6 Å². The molecule has 2 amide bonds. The van der Waals surface area contributed by atoms with Gasteiger partial charge in [-0.2, -0.15) is 13.2 Å². The van der Waals surface area contributed by atoms with Gasteiger partial charge in [-0.3, -0.25) is 4.90 Å². The molecule has 0 fully saturated rings. The van der Waals surface area contributed by atoms with E-state index in [4.69, 9.17) is 16.3 Å². The van der Waals surface area contributed by atoms with Gasteiger partial charge in [0.25, 0.3) is 0 Å². The number of anilines is 1. The van der Waals surface area contributed by atoms with Gasteiger partial charge in [0.15, 0.2) is 5.54 Å². The molecule has 0 spiro atoms. The zero-order valence-electron chi connectivity index (χ0n) is 17.3. The van der Waals surface area contributed by atoms with Gasteiger partial charge >= 0.3 is 12.2 Å². The van der Waals surface area contributed by atoms with Crippen molar-refractivity contribution in [1.29, 1.82) is 0 Å². The molecule has 8 heteroatoms. The maximum atomic E-state index is 14.7. The number of ether oxygens (including phenoxy) is 1. The van der Waals surface area contributed by atoms with Gasteiger partial charge in [0.1, 0.15) is 5.75 Å². The first-order valence-electron chi connectivity index (χ1n) is 9.82. The van der Waals surface area contributed by atoms with Crippen molar-refractivity contribution in [3.05, 3.63) is 94.0 Å². The molecule has 0 unspecified atom stereocenters. The van der Waals surface area contributed by atoms with Crippen LogP contribution < -0.4 is 15.0 Å². The van der Waals surface area contributed by atoms with E-state index < -0.39 is 17.7 Å². The molecule has 1 heterocycles. The summed E-state index contributed by atoms with van der Waals surface area (Å²) in [5, 5.41) is 2.40. The van der Waals surface area contributed by atoms with Crippen molar-refractivity contribution in [2.75, 3.05) is 12.0 Å². The standard InChI is InChI=1S/C24H20ClF3N2O2/c1-15-3-7-17(8-4-15)23(24(26,27)28)20-13-18(25)9-12-21(20)30(22(31)29-23)14-16-5-10-19(32-2)11-6-16/h3-13H,14H2,1-2H3,(H,29,31)/t23-/m1/s1. The molecule has 0 saturated carbocycles. The number of methoxy groups -OCH3 is 1. The third-order valence-electron chi connectivity index (χ3n) is 5.60. The lowest BCUT2D eigenvalue weighted by Crippen LogP contribution is -2.63. The van der Waals surface area contributed by atoms with Crippen molar-refractivity contribution in [3.8, 4) is 5.75 Å². The summed E-state index contributed by atoms with van der Waals surface area (Å²) in [5.41, 5.74) is -1.26. The summed E-state index contributed by atoms with van der Waals surface area (Å²) in [6.45, 7) is 1.86. The summed E-state index contributed by atoms with van der Waals surface area (Å²) < 4.78 is 49.3. The van der Waals surface area contributed by atoms with Crippen LogP contribution in [0.4, 0.5) is 23.7 Å². The second-order valence-corrected chi connectivity index (χ2v) is 8.08. The lowest BCUT2D eigenvalue weighted by molar-refractivity contribution is -0.184. The first kappa shape index (κ1) is 22.0. The number of hydrogen-bond acceptors (Lipinski definition) is 2. The Morgan fingerprint density at radius 3 is 2.28 bits per heavy atom.